The van der Waals surface area contributed by atoms with E-state index in [1.54, 1.807) is 24.3 Å². The van der Waals surface area contributed by atoms with Gasteiger partial charge in [0.05, 0.1) is 6.54 Å². The van der Waals surface area contributed by atoms with Crippen molar-refractivity contribution in [1.82, 2.24) is 30.4 Å². The molecule has 1 aliphatic rings. The normalized spacial score (nSPS) is 11.9. The molecular formula is C25H24N6O5. The quantitative estimate of drug-likeness (QED) is 0.381. The summed E-state index contributed by atoms with van der Waals surface area (Å²) in [5.41, 5.74) is 1.76. The predicted octanol–water partition coefficient (Wildman–Crippen LogP) is 2.32. The van der Waals surface area contributed by atoms with Crippen LogP contribution in [0.2, 0.25) is 0 Å². The fraction of sp³-hybridized carbons (Fsp3) is 0.240. The predicted molar refractivity (Wildman–Crippen MR) is 127 cm³/mol. The molecule has 11 heteroatoms. The first kappa shape index (κ1) is 23.1. The molecule has 4 aromatic rings. The number of carbonyl (C=O) groups excluding carboxylic acids is 2. The third-order valence-corrected chi connectivity index (χ3v) is 5.52. The number of hydrogen-bond donors (Lipinski definition) is 1. The lowest BCUT2D eigenvalue weighted by Gasteiger charge is -2.22. The summed E-state index contributed by atoms with van der Waals surface area (Å²) in [5, 5.41) is 15.0. The number of ether oxygens (including phenoxy) is 2. The van der Waals surface area contributed by atoms with E-state index in [2.05, 4.69) is 20.7 Å². The number of aromatic nitrogens is 4. The molecule has 1 aliphatic heterocycles. The topological polar surface area (TPSA) is 125 Å². The molecule has 36 heavy (non-hydrogen) atoms. The van der Waals surface area contributed by atoms with Crippen LogP contribution in [0.3, 0.4) is 0 Å². The molecule has 0 radical (unpaired) electrons. The highest BCUT2D eigenvalue weighted by atomic mass is 16.7. The van der Waals surface area contributed by atoms with Crippen LogP contribution >= 0.6 is 0 Å². The summed E-state index contributed by atoms with van der Waals surface area (Å²) in [6, 6.07) is 18.5. The molecule has 0 fully saturated rings. The summed E-state index contributed by atoms with van der Waals surface area (Å²) < 4.78 is 16.3. The van der Waals surface area contributed by atoms with Gasteiger partial charge in [0.2, 0.25) is 24.4 Å². The molecule has 2 amide bonds. The number of furan rings is 1. The number of fused-ring (bicyclic) bond motifs is 1. The SMILES string of the molecule is Cc1ccc(-c2nnn(CC(=O)N(CC(=O)NCc3ccccc3)Cc3ccc4c(c3)OCO4)n2)o1. The minimum absolute atomic E-state index is 0.140. The van der Waals surface area contributed by atoms with Gasteiger partial charge in [-0.2, -0.15) is 4.80 Å². The van der Waals surface area contributed by atoms with Crippen molar-refractivity contribution in [2.75, 3.05) is 13.3 Å². The van der Waals surface area contributed by atoms with Gasteiger partial charge in [-0.1, -0.05) is 36.4 Å². The summed E-state index contributed by atoms with van der Waals surface area (Å²) >= 11 is 0. The molecule has 0 spiro atoms. The Morgan fingerprint density at radius 1 is 1.03 bits per heavy atom. The average Bonchev–Trinajstić information content (AvgIpc) is 3.64. The molecule has 3 heterocycles. The Labute approximate surface area is 206 Å². The van der Waals surface area contributed by atoms with Gasteiger partial charge in [0.25, 0.3) is 0 Å². The van der Waals surface area contributed by atoms with Crippen LogP contribution in [0.1, 0.15) is 16.9 Å². The van der Waals surface area contributed by atoms with E-state index < -0.39 is 0 Å². The monoisotopic (exact) mass is 488 g/mol. The van der Waals surface area contributed by atoms with Gasteiger partial charge in [-0.25, -0.2) is 0 Å². The number of amides is 2. The first-order chi connectivity index (χ1) is 17.5. The zero-order chi connectivity index (χ0) is 24.9. The summed E-state index contributed by atoms with van der Waals surface area (Å²) in [4.78, 5) is 28.6. The number of rotatable bonds is 9. The van der Waals surface area contributed by atoms with Crippen LogP contribution in [0.25, 0.3) is 11.6 Å². The lowest BCUT2D eigenvalue weighted by atomic mass is 10.2. The summed E-state index contributed by atoms with van der Waals surface area (Å²) in [6.45, 7) is 2.19. The number of nitrogens with zero attached hydrogens (tertiary/aromatic N) is 5. The number of hydrogen-bond acceptors (Lipinski definition) is 8. The van der Waals surface area contributed by atoms with Gasteiger partial charge in [-0.3, -0.25) is 9.59 Å². The Bertz CT molecular complexity index is 1370. The van der Waals surface area contributed by atoms with Gasteiger partial charge in [-0.15, -0.1) is 10.2 Å². The molecule has 2 aromatic carbocycles. The van der Waals surface area contributed by atoms with Crippen molar-refractivity contribution in [3.8, 4) is 23.1 Å². The highest BCUT2D eigenvalue weighted by Gasteiger charge is 2.22. The molecule has 5 rings (SSSR count). The smallest absolute Gasteiger partial charge is 0.247 e. The molecule has 0 unspecified atom stereocenters. The van der Waals surface area contributed by atoms with Crippen LogP contribution in [-0.4, -0.2) is 50.3 Å². The maximum atomic E-state index is 13.2. The van der Waals surface area contributed by atoms with Gasteiger partial charge in [0.15, 0.2) is 17.3 Å². The van der Waals surface area contributed by atoms with Crippen molar-refractivity contribution in [2.24, 2.45) is 0 Å². The second-order valence-corrected chi connectivity index (χ2v) is 8.25. The molecule has 0 saturated heterocycles. The Hall–Kier alpha value is -4.67. The minimum atomic E-state index is -0.345. The van der Waals surface area contributed by atoms with Crippen LogP contribution in [-0.2, 0) is 29.2 Å². The first-order valence-electron chi connectivity index (χ1n) is 11.3. The maximum absolute atomic E-state index is 13.2. The Balaban J connectivity index is 1.28. The van der Waals surface area contributed by atoms with Crippen LogP contribution in [0.15, 0.2) is 65.1 Å². The van der Waals surface area contributed by atoms with Gasteiger partial charge in [0, 0.05) is 13.1 Å². The number of aryl methyl sites for hydroxylation is 1. The van der Waals surface area contributed by atoms with E-state index in [0.717, 1.165) is 11.1 Å². The fourth-order valence-electron chi connectivity index (χ4n) is 3.70. The fourth-order valence-corrected chi connectivity index (χ4v) is 3.70. The Morgan fingerprint density at radius 3 is 2.67 bits per heavy atom. The van der Waals surface area contributed by atoms with E-state index in [1.165, 1.54) is 9.70 Å². The van der Waals surface area contributed by atoms with Crippen LogP contribution in [0.5, 0.6) is 11.5 Å². The molecular weight excluding hydrogens is 464 g/mol. The number of tetrazole rings is 1. The van der Waals surface area contributed by atoms with Crippen molar-refractivity contribution in [1.29, 1.82) is 0 Å². The van der Waals surface area contributed by atoms with E-state index >= 15 is 0 Å². The molecule has 11 nitrogen and oxygen atoms in total. The maximum Gasteiger partial charge on any atom is 0.247 e. The van der Waals surface area contributed by atoms with Crippen molar-refractivity contribution < 1.29 is 23.5 Å². The number of nitrogens with one attached hydrogen (secondary N) is 1. The lowest BCUT2D eigenvalue weighted by molar-refractivity contribution is -0.137. The van der Waals surface area contributed by atoms with Crippen LogP contribution in [0, 0.1) is 6.92 Å². The minimum Gasteiger partial charge on any atom is -0.458 e. The highest BCUT2D eigenvalue weighted by molar-refractivity contribution is 5.84. The van der Waals surface area contributed by atoms with Gasteiger partial charge in [0.1, 0.15) is 12.3 Å². The lowest BCUT2D eigenvalue weighted by Crippen LogP contribution is -2.41. The highest BCUT2D eigenvalue weighted by Crippen LogP contribution is 2.32. The van der Waals surface area contributed by atoms with Crippen molar-refractivity contribution in [3.05, 3.63) is 77.6 Å². The van der Waals surface area contributed by atoms with E-state index in [0.29, 0.717) is 29.6 Å². The molecule has 1 N–H and O–H groups in total. The van der Waals surface area contributed by atoms with Crippen LogP contribution < -0.4 is 14.8 Å². The average molecular weight is 489 g/mol. The van der Waals surface area contributed by atoms with E-state index in [4.69, 9.17) is 13.9 Å². The molecule has 0 aliphatic carbocycles. The second-order valence-electron chi connectivity index (χ2n) is 8.25. The molecule has 2 aromatic heterocycles. The van der Waals surface area contributed by atoms with E-state index in [-0.39, 0.29) is 44.1 Å². The number of benzene rings is 2. The molecule has 0 bridgehead atoms. The Kier molecular flexibility index (Phi) is 6.61. The molecule has 0 saturated carbocycles. The second kappa shape index (κ2) is 10.3. The molecule has 184 valence electrons. The molecule has 0 atom stereocenters. The summed E-state index contributed by atoms with van der Waals surface area (Å²) in [6.07, 6.45) is 0. The third-order valence-electron chi connectivity index (χ3n) is 5.52. The third kappa shape index (κ3) is 5.52. The summed E-state index contributed by atoms with van der Waals surface area (Å²) in [5.74, 6) is 2.07. The van der Waals surface area contributed by atoms with E-state index in [1.807, 2.05) is 43.3 Å². The van der Waals surface area contributed by atoms with Crippen molar-refractivity contribution in [3.63, 3.8) is 0 Å². The number of carbonyl (C=O) groups is 2. The standard InChI is InChI=1S/C25H24N6O5/c1-17-7-9-21(36-17)25-27-29-31(28-25)15-24(33)30(13-19-8-10-20-22(11-19)35-16-34-20)14-23(32)26-12-18-5-3-2-4-6-18/h2-11H,12-16H2,1H3,(H,26,32). The zero-order valence-corrected chi connectivity index (χ0v) is 19.6. The van der Waals surface area contributed by atoms with Gasteiger partial charge >= 0.3 is 0 Å². The van der Waals surface area contributed by atoms with E-state index in [9.17, 15) is 9.59 Å². The largest absolute Gasteiger partial charge is 0.458 e. The van der Waals surface area contributed by atoms with Crippen LogP contribution in [0.4, 0.5) is 0 Å². The summed E-state index contributed by atoms with van der Waals surface area (Å²) in [7, 11) is 0. The first-order valence-corrected chi connectivity index (χ1v) is 11.3. The zero-order valence-electron chi connectivity index (χ0n) is 19.6. The van der Waals surface area contributed by atoms with Crippen molar-refractivity contribution >= 4 is 11.8 Å². The van der Waals surface area contributed by atoms with Gasteiger partial charge < -0.3 is 24.1 Å². The van der Waals surface area contributed by atoms with Gasteiger partial charge in [-0.05, 0) is 47.5 Å². The van der Waals surface area contributed by atoms with Crippen molar-refractivity contribution in [2.45, 2.75) is 26.6 Å². The Morgan fingerprint density at radius 2 is 1.86 bits per heavy atom.